The molecule has 1 atom stereocenters. The fraction of sp³-hybridized carbons (Fsp3) is 0.300. The number of carbonyl (C=O) groups is 1. The van der Waals surface area contributed by atoms with E-state index in [0.29, 0.717) is 17.9 Å². The lowest BCUT2D eigenvalue weighted by molar-refractivity contribution is 0.0742. The van der Waals surface area contributed by atoms with Gasteiger partial charge in [0.15, 0.2) is 5.78 Å². The number of hydrogen-bond donors (Lipinski definition) is 1. The van der Waals surface area contributed by atoms with E-state index in [-0.39, 0.29) is 5.78 Å². The summed E-state index contributed by atoms with van der Waals surface area (Å²) >= 11 is 5.42. The summed E-state index contributed by atoms with van der Waals surface area (Å²) in [5.41, 5.74) is 0.528. The van der Waals surface area contributed by atoms with Crippen LogP contribution in [0.3, 0.4) is 0 Å². The van der Waals surface area contributed by atoms with Crippen LogP contribution in [-0.2, 0) is 0 Å². The first kappa shape index (κ1) is 10.2. The van der Waals surface area contributed by atoms with Crippen molar-refractivity contribution in [2.45, 2.75) is 12.5 Å². The summed E-state index contributed by atoms with van der Waals surface area (Å²) in [6.45, 7) is 0. The molecule has 1 aromatic rings. The van der Waals surface area contributed by atoms with Gasteiger partial charge in [-0.25, -0.2) is 0 Å². The number of aliphatic hydroxyl groups excluding tert-OH is 1. The number of halogens is 1. The van der Waals surface area contributed by atoms with E-state index in [2.05, 4.69) is 0 Å². The third kappa shape index (κ3) is 2.83. The van der Waals surface area contributed by atoms with Crippen LogP contribution in [-0.4, -0.2) is 22.9 Å². The van der Waals surface area contributed by atoms with Gasteiger partial charge in [-0.1, -0.05) is 30.3 Å². The van der Waals surface area contributed by atoms with Crippen molar-refractivity contribution in [2.24, 2.45) is 0 Å². The van der Waals surface area contributed by atoms with Gasteiger partial charge in [-0.3, -0.25) is 4.79 Å². The number of ketones is 1. The Morgan fingerprint density at radius 1 is 1.38 bits per heavy atom. The van der Waals surface area contributed by atoms with Gasteiger partial charge in [0, 0.05) is 11.4 Å². The predicted molar refractivity (Wildman–Crippen MR) is 52.1 cm³/mol. The van der Waals surface area contributed by atoms with Gasteiger partial charge >= 0.3 is 0 Å². The zero-order valence-electron chi connectivity index (χ0n) is 7.11. The second-order valence-electron chi connectivity index (χ2n) is 2.72. The molecule has 3 heteroatoms. The molecule has 0 saturated heterocycles. The molecule has 0 radical (unpaired) electrons. The Morgan fingerprint density at radius 2 is 2.00 bits per heavy atom. The number of benzene rings is 1. The van der Waals surface area contributed by atoms with Crippen LogP contribution in [0.15, 0.2) is 30.3 Å². The van der Waals surface area contributed by atoms with Gasteiger partial charge in [-0.15, -0.1) is 11.6 Å². The number of aliphatic hydroxyl groups is 1. The molecule has 0 heterocycles. The number of hydrogen-bond acceptors (Lipinski definition) is 2. The SMILES string of the molecule is O=C(c1ccccc1)C(O)CCCl. The third-order valence-electron chi connectivity index (χ3n) is 1.74. The van der Waals surface area contributed by atoms with Crippen molar-refractivity contribution < 1.29 is 9.90 Å². The first-order valence-corrected chi connectivity index (χ1v) is 4.62. The number of rotatable bonds is 4. The van der Waals surface area contributed by atoms with Gasteiger partial charge in [0.25, 0.3) is 0 Å². The lowest BCUT2D eigenvalue weighted by Crippen LogP contribution is -2.20. The lowest BCUT2D eigenvalue weighted by Gasteiger charge is -2.06. The van der Waals surface area contributed by atoms with Crippen LogP contribution >= 0.6 is 11.6 Å². The van der Waals surface area contributed by atoms with E-state index in [1.165, 1.54) is 0 Å². The van der Waals surface area contributed by atoms with Gasteiger partial charge in [0.1, 0.15) is 6.10 Å². The molecule has 1 rings (SSSR count). The molecule has 0 fully saturated rings. The van der Waals surface area contributed by atoms with Crippen molar-refractivity contribution in [3.63, 3.8) is 0 Å². The van der Waals surface area contributed by atoms with Crippen LogP contribution < -0.4 is 0 Å². The van der Waals surface area contributed by atoms with E-state index in [1.807, 2.05) is 6.07 Å². The maximum Gasteiger partial charge on any atom is 0.191 e. The Hall–Kier alpha value is -0.860. The minimum atomic E-state index is -0.972. The average Bonchev–Trinajstić information content (AvgIpc) is 2.18. The van der Waals surface area contributed by atoms with Gasteiger partial charge < -0.3 is 5.11 Å². The van der Waals surface area contributed by atoms with E-state index in [9.17, 15) is 9.90 Å². The summed E-state index contributed by atoms with van der Waals surface area (Å²) in [6, 6.07) is 8.71. The molecule has 0 aliphatic rings. The monoisotopic (exact) mass is 198 g/mol. The summed E-state index contributed by atoms with van der Waals surface area (Å²) < 4.78 is 0. The molecule has 0 spiro atoms. The molecule has 0 aliphatic carbocycles. The predicted octanol–water partition coefficient (Wildman–Crippen LogP) is 1.86. The van der Waals surface area contributed by atoms with E-state index in [4.69, 9.17) is 11.6 Å². The zero-order valence-corrected chi connectivity index (χ0v) is 7.87. The summed E-state index contributed by atoms with van der Waals surface area (Å²) in [5, 5.41) is 9.34. The fourth-order valence-electron chi connectivity index (χ4n) is 1.03. The van der Waals surface area contributed by atoms with Crippen molar-refractivity contribution in [3.8, 4) is 0 Å². The summed E-state index contributed by atoms with van der Waals surface area (Å²) in [5.74, 6) is 0.0287. The number of Topliss-reactive ketones (excluding diaryl/α,β-unsaturated/α-hetero) is 1. The van der Waals surface area contributed by atoms with Crippen molar-refractivity contribution in [1.29, 1.82) is 0 Å². The van der Waals surface area contributed by atoms with Crippen molar-refractivity contribution in [2.75, 3.05) is 5.88 Å². The smallest absolute Gasteiger partial charge is 0.191 e. The topological polar surface area (TPSA) is 37.3 Å². The maximum absolute atomic E-state index is 11.4. The highest BCUT2D eigenvalue weighted by atomic mass is 35.5. The second-order valence-corrected chi connectivity index (χ2v) is 3.10. The maximum atomic E-state index is 11.4. The molecule has 0 amide bonds. The average molecular weight is 199 g/mol. The Morgan fingerprint density at radius 3 is 2.54 bits per heavy atom. The third-order valence-corrected chi connectivity index (χ3v) is 1.96. The molecule has 70 valence electrons. The number of carbonyl (C=O) groups excluding carboxylic acids is 1. The number of alkyl halides is 1. The first-order valence-electron chi connectivity index (χ1n) is 4.09. The summed E-state index contributed by atoms with van der Waals surface area (Å²) in [4.78, 5) is 11.4. The van der Waals surface area contributed by atoms with E-state index in [1.54, 1.807) is 24.3 Å². The highest BCUT2D eigenvalue weighted by Crippen LogP contribution is 2.06. The first-order chi connectivity index (χ1) is 6.25. The quantitative estimate of drug-likeness (QED) is 0.592. The van der Waals surface area contributed by atoms with Crippen molar-refractivity contribution >= 4 is 17.4 Å². The van der Waals surface area contributed by atoms with Crippen LogP contribution in [0.2, 0.25) is 0 Å². The molecular weight excluding hydrogens is 188 g/mol. The van der Waals surface area contributed by atoms with Crippen LogP contribution in [0.4, 0.5) is 0 Å². The summed E-state index contributed by atoms with van der Waals surface area (Å²) in [6.07, 6.45) is -0.671. The van der Waals surface area contributed by atoms with Gasteiger partial charge in [-0.2, -0.15) is 0 Å². The van der Waals surface area contributed by atoms with Crippen LogP contribution in [0.5, 0.6) is 0 Å². The molecule has 0 aliphatic heterocycles. The van der Waals surface area contributed by atoms with Gasteiger partial charge in [0.2, 0.25) is 0 Å². The summed E-state index contributed by atoms with van der Waals surface area (Å²) in [7, 11) is 0. The Balaban J connectivity index is 2.68. The normalized spacial score (nSPS) is 12.5. The molecule has 0 aromatic heterocycles. The van der Waals surface area contributed by atoms with E-state index < -0.39 is 6.10 Å². The van der Waals surface area contributed by atoms with E-state index in [0.717, 1.165) is 0 Å². The minimum absolute atomic E-state index is 0.263. The molecule has 13 heavy (non-hydrogen) atoms. The molecule has 1 unspecified atom stereocenters. The lowest BCUT2D eigenvalue weighted by atomic mass is 10.1. The molecule has 0 saturated carbocycles. The molecular formula is C10H11ClO2. The second kappa shape index (κ2) is 5.00. The molecule has 0 bridgehead atoms. The Bertz CT molecular complexity index is 272. The van der Waals surface area contributed by atoms with Crippen molar-refractivity contribution in [3.05, 3.63) is 35.9 Å². The molecule has 1 N–H and O–H groups in total. The van der Waals surface area contributed by atoms with Crippen molar-refractivity contribution in [1.82, 2.24) is 0 Å². The highest BCUT2D eigenvalue weighted by Gasteiger charge is 2.15. The van der Waals surface area contributed by atoms with Crippen LogP contribution in [0.25, 0.3) is 0 Å². The van der Waals surface area contributed by atoms with Crippen LogP contribution in [0, 0.1) is 0 Å². The molecule has 1 aromatic carbocycles. The highest BCUT2D eigenvalue weighted by molar-refractivity contribution is 6.18. The standard InChI is InChI=1S/C10H11ClO2/c11-7-6-9(12)10(13)8-4-2-1-3-5-8/h1-5,9,12H,6-7H2. The molecule has 2 nitrogen and oxygen atoms in total. The van der Waals surface area contributed by atoms with E-state index >= 15 is 0 Å². The zero-order chi connectivity index (χ0) is 9.68. The Labute approximate surface area is 82.2 Å². The Kier molecular flexibility index (Phi) is 3.93. The fourth-order valence-corrected chi connectivity index (χ4v) is 1.24. The van der Waals surface area contributed by atoms with Crippen LogP contribution in [0.1, 0.15) is 16.8 Å². The van der Waals surface area contributed by atoms with Gasteiger partial charge in [-0.05, 0) is 6.42 Å². The minimum Gasteiger partial charge on any atom is -0.385 e. The largest absolute Gasteiger partial charge is 0.385 e. The van der Waals surface area contributed by atoms with Gasteiger partial charge in [0.05, 0.1) is 0 Å².